The van der Waals surface area contributed by atoms with Crippen molar-refractivity contribution in [3.05, 3.63) is 30.1 Å². The monoisotopic (exact) mass is 416 g/mol. The first-order valence-corrected chi connectivity index (χ1v) is 11.3. The van der Waals surface area contributed by atoms with E-state index in [1.807, 2.05) is 9.80 Å². The summed E-state index contributed by atoms with van der Waals surface area (Å²) in [5.41, 5.74) is 0.468. The molecule has 2 heterocycles. The predicted octanol–water partition coefficient (Wildman–Crippen LogP) is 2.42. The van der Waals surface area contributed by atoms with E-state index in [0.29, 0.717) is 38.4 Å². The molecule has 7 heteroatoms. The van der Waals surface area contributed by atoms with Crippen LogP contribution in [0.2, 0.25) is 0 Å². The molecule has 1 N–H and O–H groups in total. The van der Waals surface area contributed by atoms with E-state index in [1.54, 1.807) is 12.1 Å². The third-order valence-electron chi connectivity index (χ3n) is 6.93. The van der Waals surface area contributed by atoms with Crippen molar-refractivity contribution in [2.75, 3.05) is 57.7 Å². The second kappa shape index (κ2) is 9.88. The summed E-state index contributed by atoms with van der Waals surface area (Å²) in [6.07, 6.45) is 6.67. The smallest absolute Gasteiger partial charge is 0.238 e. The number of piperidine rings is 1. The van der Waals surface area contributed by atoms with E-state index in [-0.39, 0.29) is 24.2 Å². The lowest BCUT2D eigenvalue weighted by molar-refractivity contribution is -0.135. The van der Waals surface area contributed by atoms with Crippen LogP contribution in [0.4, 0.5) is 10.1 Å². The van der Waals surface area contributed by atoms with Gasteiger partial charge in [-0.05, 0) is 49.4 Å². The molecule has 1 saturated carbocycles. The molecule has 6 nitrogen and oxygen atoms in total. The number of fused-ring (bicyclic) bond motifs is 1. The number of benzene rings is 1. The summed E-state index contributed by atoms with van der Waals surface area (Å²) in [7, 11) is 0. The van der Waals surface area contributed by atoms with Gasteiger partial charge in [0.1, 0.15) is 5.82 Å². The molecule has 1 aromatic rings. The van der Waals surface area contributed by atoms with E-state index in [4.69, 9.17) is 0 Å². The highest BCUT2D eigenvalue weighted by Crippen LogP contribution is 2.35. The van der Waals surface area contributed by atoms with Gasteiger partial charge in [-0.2, -0.15) is 0 Å². The molecule has 1 aliphatic carbocycles. The number of amides is 2. The largest absolute Gasteiger partial charge is 0.339 e. The van der Waals surface area contributed by atoms with Crippen molar-refractivity contribution >= 4 is 17.5 Å². The fraction of sp³-hybridized carbons (Fsp3) is 0.652. The predicted molar refractivity (Wildman–Crippen MR) is 115 cm³/mol. The lowest BCUT2D eigenvalue weighted by atomic mass is 9.75. The molecule has 3 fully saturated rings. The number of carbonyl (C=O) groups excluding carboxylic acids is 2. The van der Waals surface area contributed by atoms with Gasteiger partial charge in [-0.15, -0.1) is 0 Å². The summed E-state index contributed by atoms with van der Waals surface area (Å²) in [5, 5.41) is 2.73. The van der Waals surface area contributed by atoms with E-state index in [1.165, 1.54) is 44.2 Å². The van der Waals surface area contributed by atoms with Crippen LogP contribution in [0, 0.1) is 17.7 Å². The topological polar surface area (TPSA) is 55.9 Å². The maximum atomic E-state index is 13.2. The van der Waals surface area contributed by atoms with E-state index < -0.39 is 0 Å². The Morgan fingerprint density at radius 1 is 0.933 bits per heavy atom. The Hall–Kier alpha value is -1.99. The minimum Gasteiger partial charge on any atom is -0.339 e. The third-order valence-corrected chi connectivity index (χ3v) is 6.93. The molecule has 4 rings (SSSR count). The van der Waals surface area contributed by atoms with Crippen LogP contribution in [0.1, 0.15) is 32.1 Å². The zero-order chi connectivity index (χ0) is 20.9. The zero-order valence-corrected chi connectivity index (χ0v) is 17.7. The first kappa shape index (κ1) is 21.2. The van der Waals surface area contributed by atoms with Gasteiger partial charge in [0.25, 0.3) is 0 Å². The number of likely N-dealkylation sites (tertiary alicyclic amines) is 1. The molecule has 0 spiro atoms. The minimum atomic E-state index is -0.368. The van der Waals surface area contributed by atoms with Gasteiger partial charge < -0.3 is 10.2 Å². The normalized spacial score (nSPS) is 25.6. The molecular weight excluding hydrogens is 383 g/mol. The van der Waals surface area contributed by atoms with Gasteiger partial charge in [0.15, 0.2) is 0 Å². The molecule has 30 heavy (non-hydrogen) atoms. The summed E-state index contributed by atoms with van der Waals surface area (Å²) in [6.45, 7) is 5.61. The number of halogens is 1. The number of rotatable bonds is 5. The Kier molecular flexibility index (Phi) is 7.00. The molecule has 0 aromatic heterocycles. The van der Waals surface area contributed by atoms with Crippen LogP contribution < -0.4 is 5.32 Å². The van der Waals surface area contributed by atoms with Crippen molar-refractivity contribution in [3.63, 3.8) is 0 Å². The number of hydrogen-bond acceptors (Lipinski definition) is 4. The standard InChI is InChI=1S/C23H33FN4O2/c24-20-6-3-7-21(14-20)25-22(29)16-26-10-12-28(13-11-26)23(30)17-27-9-8-18-4-1-2-5-19(18)15-27/h3,6-7,14,18-19H,1-2,4-5,8-13,15-17H2,(H,25,29)/t18-,19-/m1/s1. The van der Waals surface area contributed by atoms with Gasteiger partial charge in [0.2, 0.25) is 11.8 Å². The first-order chi connectivity index (χ1) is 14.6. The molecule has 1 aromatic carbocycles. The van der Waals surface area contributed by atoms with Gasteiger partial charge in [-0.3, -0.25) is 19.4 Å². The molecule has 0 unspecified atom stereocenters. The number of carbonyl (C=O) groups is 2. The zero-order valence-electron chi connectivity index (χ0n) is 17.7. The van der Waals surface area contributed by atoms with Crippen molar-refractivity contribution in [2.24, 2.45) is 11.8 Å². The fourth-order valence-electron chi connectivity index (χ4n) is 5.24. The highest BCUT2D eigenvalue weighted by molar-refractivity contribution is 5.92. The minimum absolute atomic E-state index is 0.157. The van der Waals surface area contributed by atoms with E-state index in [0.717, 1.165) is 24.9 Å². The van der Waals surface area contributed by atoms with Crippen LogP contribution in [0.25, 0.3) is 0 Å². The van der Waals surface area contributed by atoms with Gasteiger partial charge >= 0.3 is 0 Å². The number of hydrogen-bond donors (Lipinski definition) is 1. The Bertz CT molecular complexity index is 750. The summed E-state index contributed by atoms with van der Waals surface area (Å²) in [6, 6.07) is 5.91. The van der Waals surface area contributed by atoms with Gasteiger partial charge in [-0.1, -0.05) is 25.3 Å². The molecule has 0 radical (unpaired) electrons. The molecule has 2 amide bonds. The summed E-state index contributed by atoms with van der Waals surface area (Å²) in [4.78, 5) is 31.3. The van der Waals surface area contributed by atoms with Crippen molar-refractivity contribution in [2.45, 2.75) is 32.1 Å². The van der Waals surface area contributed by atoms with Crippen molar-refractivity contribution in [3.8, 4) is 0 Å². The van der Waals surface area contributed by atoms with E-state index in [9.17, 15) is 14.0 Å². The van der Waals surface area contributed by atoms with E-state index in [2.05, 4.69) is 10.2 Å². The van der Waals surface area contributed by atoms with Crippen molar-refractivity contribution in [1.29, 1.82) is 0 Å². The Balaban J connectivity index is 1.18. The fourth-order valence-corrected chi connectivity index (χ4v) is 5.24. The van der Waals surface area contributed by atoms with Crippen LogP contribution in [-0.2, 0) is 9.59 Å². The second-order valence-electron chi connectivity index (χ2n) is 9.04. The SMILES string of the molecule is O=C(CN1CCN(C(=O)CN2CC[C@H]3CCCC[C@@H]3C2)CC1)Nc1cccc(F)c1. The Morgan fingerprint density at radius 3 is 2.47 bits per heavy atom. The van der Waals surface area contributed by atoms with Crippen molar-refractivity contribution in [1.82, 2.24) is 14.7 Å². The van der Waals surface area contributed by atoms with Gasteiger partial charge in [0.05, 0.1) is 13.1 Å². The lowest BCUT2D eigenvalue weighted by Gasteiger charge is -2.42. The highest BCUT2D eigenvalue weighted by atomic mass is 19.1. The van der Waals surface area contributed by atoms with Crippen LogP contribution in [0.15, 0.2) is 24.3 Å². The second-order valence-corrected chi connectivity index (χ2v) is 9.04. The third kappa shape index (κ3) is 5.58. The maximum Gasteiger partial charge on any atom is 0.238 e. The Morgan fingerprint density at radius 2 is 1.70 bits per heavy atom. The van der Waals surface area contributed by atoms with Crippen LogP contribution in [-0.4, -0.2) is 78.9 Å². The number of anilines is 1. The first-order valence-electron chi connectivity index (χ1n) is 11.3. The summed E-state index contributed by atoms with van der Waals surface area (Å²) in [5.74, 6) is 1.36. The Labute approximate surface area is 178 Å². The van der Waals surface area contributed by atoms with Crippen LogP contribution in [0.5, 0.6) is 0 Å². The maximum absolute atomic E-state index is 13.2. The number of piperazine rings is 1. The lowest BCUT2D eigenvalue weighted by Crippen LogP contribution is -2.53. The summed E-state index contributed by atoms with van der Waals surface area (Å²) >= 11 is 0. The number of nitrogens with one attached hydrogen (secondary N) is 1. The summed E-state index contributed by atoms with van der Waals surface area (Å²) < 4.78 is 13.2. The molecule has 2 aliphatic heterocycles. The molecule has 3 aliphatic rings. The molecule has 2 saturated heterocycles. The van der Waals surface area contributed by atoms with Crippen LogP contribution >= 0.6 is 0 Å². The molecule has 2 atom stereocenters. The molecular formula is C23H33FN4O2. The van der Waals surface area contributed by atoms with Gasteiger partial charge in [-0.25, -0.2) is 4.39 Å². The van der Waals surface area contributed by atoms with Gasteiger partial charge in [0, 0.05) is 38.4 Å². The van der Waals surface area contributed by atoms with E-state index >= 15 is 0 Å². The quantitative estimate of drug-likeness (QED) is 0.801. The van der Waals surface area contributed by atoms with Crippen molar-refractivity contribution < 1.29 is 14.0 Å². The molecule has 0 bridgehead atoms. The van der Waals surface area contributed by atoms with Crippen LogP contribution in [0.3, 0.4) is 0 Å². The average Bonchev–Trinajstić information content (AvgIpc) is 2.74. The average molecular weight is 417 g/mol. The number of nitrogens with zero attached hydrogens (tertiary/aromatic N) is 3. The highest BCUT2D eigenvalue weighted by Gasteiger charge is 2.32. The molecule has 164 valence electrons.